The molecule has 0 spiro atoms. The number of rotatable bonds is 3. The predicted molar refractivity (Wildman–Crippen MR) is 67.0 cm³/mol. The van der Waals surface area contributed by atoms with E-state index in [0.717, 1.165) is 11.3 Å². The van der Waals surface area contributed by atoms with Gasteiger partial charge >= 0.3 is 0 Å². The number of nitrogens with one attached hydrogen (secondary N) is 1. The van der Waals surface area contributed by atoms with E-state index in [0.29, 0.717) is 11.6 Å². The van der Waals surface area contributed by atoms with Gasteiger partial charge in [-0.05, 0) is 23.6 Å². The van der Waals surface area contributed by atoms with Crippen LogP contribution in [0.3, 0.4) is 0 Å². The SMILES string of the molecule is CC(C)c1ccc(Nc2cnn(C)c2)c(F)c1. The van der Waals surface area contributed by atoms with Crippen LogP contribution in [0.5, 0.6) is 0 Å². The normalized spacial score (nSPS) is 10.9. The average Bonchev–Trinajstić information content (AvgIpc) is 2.67. The van der Waals surface area contributed by atoms with Crippen LogP contribution in [0.25, 0.3) is 0 Å². The summed E-state index contributed by atoms with van der Waals surface area (Å²) < 4.78 is 15.5. The highest BCUT2D eigenvalue weighted by molar-refractivity contribution is 5.59. The number of anilines is 2. The van der Waals surface area contributed by atoms with Crippen LogP contribution in [0.15, 0.2) is 30.6 Å². The summed E-state index contributed by atoms with van der Waals surface area (Å²) in [7, 11) is 1.82. The van der Waals surface area contributed by atoms with Gasteiger partial charge in [0.25, 0.3) is 0 Å². The molecular weight excluding hydrogens is 217 g/mol. The van der Waals surface area contributed by atoms with Gasteiger partial charge in [0.1, 0.15) is 5.82 Å². The van der Waals surface area contributed by atoms with Crippen molar-refractivity contribution < 1.29 is 4.39 Å². The Kier molecular flexibility index (Phi) is 3.13. The van der Waals surface area contributed by atoms with Crippen LogP contribution in [0.4, 0.5) is 15.8 Å². The molecule has 1 aromatic heterocycles. The quantitative estimate of drug-likeness (QED) is 0.880. The molecule has 2 aromatic rings. The summed E-state index contributed by atoms with van der Waals surface area (Å²) in [6, 6.07) is 5.27. The molecule has 0 aliphatic heterocycles. The highest BCUT2D eigenvalue weighted by Gasteiger charge is 2.06. The summed E-state index contributed by atoms with van der Waals surface area (Å²) in [5.41, 5.74) is 2.25. The Hall–Kier alpha value is -1.84. The first-order chi connectivity index (χ1) is 8.06. The zero-order valence-corrected chi connectivity index (χ0v) is 10.2. The summed E-state index contributed by atoms with van der Waals surface area (Å²) in [4.78, 5) is 0. The van der Waals surface area contributed by atoms with E-state index in [1.807, 2.05) is 27.0 Å². The van der Waals surface area contributed by atoms with E-state index in [9.17, 15) is 4.39 Å². The van der Waals surface area contributed by atoms with Gasteiger partial charge in [0.2, 0.25) is 0 Å². The third-order valence-electron chi connectivity index (χ3n) is 2.64. The molecule has 17 heavy (non-hydrogen) atoms. The molecule has 0 bridgehead atoms. The lowest BCUT2D eigenvalue weighted by Crippen LogP contribution is -1.95. The van der Waals surface area contributed by atoms with Crippen molar-refractivity contribution in [1.82, 2.24) is 9.78 Å². The van der Waals surface area contributed by atoms with Crippen LogP contribution in [0, 0.1) is 5.82 Å². The molecule has 0 amide bonds. The molecule has 1 heterocycles. The Morgan fingerprint density at radius 3 is 2.65 bits per heavy atom. The molecule has 0 aliphatic rings. The van der Waals surface area contributed by atoms with Crippen molar-refractivity contribution in [2.24, 2.45) is 7.05 Å². The van der Waals surface area contributed by atoms with E-state index in [4.69, 9.17) is 0 Å². The molecule has 2 rings (SSSR count). The van der Waals surface area contributed by atoms with Crippen LogP contribution in [0.2, 0.25) is 0 Å². The maximum Gasteiger partial charge on any atom is 0.146 e. The Morgan fingerprint density at radius 2 is 2.12 bits per heavy atom. The van der Waals surface area contributed by atoms with E-state index in [1.54, 1.807) is 29.2 Å². The Bertz CT molecular complexity index is 517. The number of hydrogen-bond acceptors (Lipinski definition) is 2. The van der Waals surface area contributed by atoms with Crippen LogP contribution < -0.4 is 5.32 Å². The zero-order chi connectivity index (χ0) is 12.4. The van der Waals surface area contributed by atoms with E-state index < -0.39 is 0 Å². The molecule has 0 unspecified atom stereocenters. The highest BCUT2D eigenvalue weighted by Crippen LogP contribution is 2.23. The number of nitrogens with zero attached hydrogens (tertiary/aromatic N) is 2. The molecule has 4 heteroatoms. The van der Waals surface area contributed by atoms with E-state index >= 15 is 0 Å². The second kappa shape index (κ2) is 4.57. The molecule has 0 saturated heterocycles. The number of aryl methyl sites for hydroxylation is 1. The van der Waals surface area contributed by atoms with E-state index in [2.05, 4.69) is 10.4 Å². The van der Waals surface area contributed by atoms with E-state index in [1.165, 1.54) is 0 Å². The summed E-state index contributed by atoms with van der Waals surface area (Å²) in [6.45, 7) is 4.09. The van der Waals surface area contributed by atoms with Crippen LogP contribution in [0.1, 0.15) is 25.3 Å². The Morgan fingerprint density at radius 1 is 1.35 bits per heavy atom. The Balaban J connectivity index is 2.22. The number of halogens is 1. The molecule has 0 saturated carbocycles. The number of aromatic nitrogens is 2. The van der Waals surface area contributed by atoms with Crippen LogP contribution in [-0.2, 0) is 7.05 Å². The van der Waals surface area contributed by atoms with E-state index in [-0.39, 0.29) is 5.82 Å². The smallest absolute Gasteiger partial charge is 0.146 e. The van der Waals surface area contributed by atoms with Crippen molar-refractivity contribution in [1.29, 1.82) is 0 Å². The maximum absolute atomic E-state index is 13.8. The number of benzene rings is 1. The topological polar surface area (TPSA) is 29.9 Å². The second-order valence-corrected chi connectivity index (χ2v) is 4.42. The van der Waals surface area contributed by atoms with Gasteiger partial charge in [-0.2, -0.15) is 5.10 Å². The minimum atomic E-state index is -0.236. The molecule has 3 nitrogen and oxygen atoms in total. The summed E-state index contributed by atoms with van der Waals surface area (Å²) in [5.74, 6) is 0.0944. The van der Waals surface area contributed by atoms with Crippen molar-refractivity contribution in [2.45, 2.75) is 19.8 Å². The molecule has 0 radical (unpaired) electrons. The van der Waals surface area contributed by atoms with Gasteiger partial charge in [0, 0.05) is 13.2 Å². The molecular formula is C13H16FN3. The second-order valence-electron chi connectivity index (χ2n) is 4.42. The number of hydrogen-bond donors (Lipinski definition) is 1. The molecule has 1 aromatic carbocycles. The van der Waals surface area contributed by atoms with Crippen molar-refractivity contribution in [2.75, 3.05) is 5.32 Å². The highest BCUT2D eigenvalue weighted by atomic mass is 19.1. The fourth-order valence-corrected chi connectivity index (χ4v) is 1.63. The van der Waals surface area contributed by atoms with Crippen LogP contribution in [-0.4, -0.2) is 9.78 Å². The van der Waals surface area contributed by atoms with Crippen molar-refractivity contribution >= 4 is 11.4 Å². The standard InChI is InChI=1S/C13H16FN3/c1-9(2)10-4-5-13(12(14)6-10)16-11-7-15-17(3)8-11/h4-9,16H,1-3H3. The lowest BCUT2D eigenvalue weighted by Gasteiger charge is -2.09. The molecule has 0 atom stereocenters. The summed E-state index contributed by atoms with van der Waals surface area (Å²) in [6.07, 6.45) is 3.46. The summed E-state index contributed by atoms with van der Waals surface area (Å²) in [5, 5.41) is 7.02. The van der Waals surface area contributed by atoms with Crippen LogP contribution >= 0.6 is 0 Å². The van der Waals surface area contributed by atoms with Crippen molar-refractivity contribution in [3.8, 4) is 0 Å². The van der Waals surface area contributed by atoms with Gasteiger partial charge < -0.3 is 5.32 Å². The monoisotopic (exact) mass is 233 g/mol. The lowest BCUT2D eigenvalue weighted by molar-refractivity contribution is 0.627. The van der Waals surface area contributed by atoms with Crippen molar-refractivity contribution in [3.05, 3.63) is 42.0 Å². The zero-order valence-electron chi connectivity index (χ0n) is 10.2. The average molecular weight is 233 g/mol. The molecule has 0 fully saturated rings. The summed E-state index contributed by atoms with van der Waals surface area (Å²) >= 11 is 0. The van der Waals surface area contributed by atoms with Gasteiger partial charge in [-0.15, -0.1) is 0 Å². The van der Waals surface area contributed by atoms with Gasteiger partial charge in [-0.25, -0.2) is 4.39 Å². The third kappa shape index (κ3) is 2.64. The minimum Gasteiger partial charge on any atom is -0.351 e. The third-order valence-corrected chi connectivity index (χ3v) is 2.64. The first kappa shape index (κ1) is 11.6. The molecule has 0 aliphatic carbocycles. The molecule has 90 valence electrons. The fraction of sp³-hybridized carbons (Fsp3) is 0.308. The van der Waals surface area contributed by atoms with Gasteiger partial charge in [-0.3, -0.25) is 4.68 Å². The van der Waals surface area contributed by atoms with Gasteiger partial charge in [0.05, 0.1) is 17.6 Å². The minimum absolute atomic E-state index is 0.236. The first-order valence-electron chi connectivity index (χ1n) is 5.61. The Labute approximate surface area is 100 Å². The predicted octanol–water partition coefficient (Wildman–Crippen LogP) is 3.43. The van der Waals surface area contributed by atoms with Gasteiger partial charge in [-0.1, -0.05) is 19.9 Å². The largest absolute Gasteiger partial charge is 0.351 e. The van der Waals surface area contributed by atoms with Gasteiger partial charge in [0.15, 0.2) is 0 Å². The fourth-order valence-electron chi connectivity index (χ4n) is 1.63. The van der Waals surface area contributed by atoms with Crippen molar-refractivity contribution in [3.63, 3.8) is 0 Å². The molecule has 1 N–H and O–H groups in total. The lowest BCUT2D eigenvalue weighted by atomic mass is 10.0. The first-order valence-corrected chi connectivity index (χ1v) is 5.61. The maximum atomic E-state index is 13.8.